The number of likely N-dealkylation sites (tertiary alicyclic amines) is 1. The van der Waals surface area contributed by atoms with Crippen LogP contribution in [0.1, 0.15) is 26.7 Å². The van der Waals surface area contributed by atoms with Crippen LogP contribution < -0.4 is 0 Å². The van der Waals surface area contributed by atoms with E-state index in [9.17, 15) is 34.5 Å². The SMILES string of the molecule is CCN(CC(=O)O)C(OOC1(C(=O)O)CCC(C(=O)O)N1CC)C(=O)O. The lowest BCUT2D eigenvalue weighted by atomic mass is 10.1. The highest BCUT2D eigenvalue weighted by atomic mass is 17.2. The number of likely N-dealkylation sites (N-methyl/N-ethyl adjacent to an activating group) is 2. The minimum atomic E-state index is -2.19. The van der Waals surface area contributed by atoms with Crippen LogP contribution in [0.2, 0.25) is 0 Å². The lowest BCUT2D eigenvalue weighted by Crippen LogP contribution is -2.57. The third-order valence-corrected chi connectivity index (χ3v) is 4.12. The summed E-state index contributed by atoms with van der Waals surface area (Å²) in [6, 6.07) is -1.13. The zero-order valence-corrected chi connectivity index (χ0v) is 14.3. The molecule has 0 aliphatic carbocycles. The molecule has 0 radical (unpaired) electrons. The Morgan fingerprint density at radius 1 is 1.19 bits per heavy atom. The third-order valence-electron chi connectivity index (χ3n) is 4.12. The van der Waals surface area contributed by atoms with Crippen LogP contribution in [-0.4, -0.2) is 91.7 Å². The standard InChI is InChI=1S/C14H22N2O10/c1-3-15(7-9(17)18)10(12(21)22)25-26-14(13(23)24)6-5-8(11(19)20)16(14)4-2/h8,10H,3-7H2,1-2H3,(H,17,18)(H,19,20)(H,21,22)(H,23,24). The van der Waals surface area contributed by atoms with Gasteiger partial charge in [-0.3, -0.25) is 19.4 Å². The van der Waals surface area contributed by atoms with Crippen LogP contribution >= 0.6 is 0 Å². The normalized spacial score (nSPS) is 24.5. The summed E-state index contributed by atoms with van der Waals surface area (Å²) in [6.45, 7) is 2.31. The molecule has 1 aliphatic rings. The van der Waals surface area contributed by atoms with E-state index in [-0.39, 0.29) is 25.9 Å². The predicted octanol–water partition coefficient (Wildman–Crippen LogP) is -0.898. The molecule has 148 valence electrons. The molecule has 1 saturated heterocycles. The summed E-state index contributed by atoms with van der Waals surface area (Å²) in [5, 5.41) is 36.9. The van der Waals surface area contributed by atoms with Crippen molar-refractivity contribution in [1.82, 2.24) is 9.80 Å². The highest BCUT2D eigenvalue weighted by Crippen LogP contribution is 2.36. The van der Waals surface area contributed by atoms with Gasteiger partial charge in [-0.2, -0.15) is 4.89 Å². The fourth-order valence-corrected chi connectivity index (χ4v) is 2.89. The highest BCUT2D eigenvalue weighted by Gasteiger charge is 2.57. The van der Waals surface area contributed by atoms with E-state index in [0.29, 0.717) is 0 Å². The van der Waals surface area contributed by atoms with E-state index in [1.807, 2.05) is 0 Å². The second-order valence-corrected chi connectivity index (χ2v) is 5.60. The molecule has 0 saturated carbocycles. The molecule has 26 heavy (non-hydrogen) atoms. The Kier molecular flexibility index (Phi) is 7.44. The molecule has 1 aliphatic heterocycles. The van der Waals surface area contributed by atoms with E-state index in [1.54, 1.807) is 0 Å². The number of hydrogen-bond acceptors (Lipinski definition) is 8. The maximum Gasteiger partial charge on any atom is 0.354 e. The van der Waals surface area contributed by atoms with Crippen molar-refractivity contribution in [1.29, 1.82) is 0 Å². The molecule has 1 heterocycles. The van der Waals surface area contributed by atoms with Crippen molar-refractivity contribution in [2.45, 2.75) is 44.7 Å². The number of nitrogens with zero attached hydrogens (tertiary/aromatic N) is 2. The van der Waals surface area contributed by atoms with Gasteiger partial charge in [0.2, 0.25) is 6.23 Å². The second kappa shape index (κ2) is 8.89. The Morgan fingerprint density at radius 3 is 2.19 bits per heavy atom. The molecule has 12 heteroatoms. The third kappa shape index (κ3) is 4.46. The van der Waals surface area contributed by atoms with Crippen LogP contribution in [0.3, 0.4) is 0 Å². The topological polar surface area (TPSA) is 174 Å². The molecule has 12 nitrogen and oxygen atoms in total. The number of carbonyl (C=O) groups is 4. The van der Waals surface area contributed by atoms with E-state index < -0.39 is 48.4 Å². The number of aliphatic carboxylic acids is 4. The van der Waals surface area contributed by atoms with Crippen molar-refractivity contribution >= 4 is 23.9 Å². The van der Waals surface area contributed by atoms with E-state index in [1.165, 1.54) is 13.8 Å². The summed E-state index contributed by atoms with van der Waals surface area (Å²) >= 11 is 0. The Morgan fingerprint density at radius 2 is 1.81 bits per heavy atom. The van der Waals surface area contributed by atoms with Gasteiger partial charge >= 0.3 is 23.9 Å². The second-order valence-electron chi connectivity index (χ2n) is 5.60. The Hall–Kier alpha value is -2.28. The minimum absolute atomic E-state index is 0.00299. The van der Waals surface area contributed by atoms with Gasteiger partial charge in [-0.1, -0.05) is 13.8 Å². The van der Waals surface area contributed by atoms with Gasteiger partial charge in [0.15, 0.2) is 0 Å². The lowest BCUT2D eigenvalue weighted by Gasteiger charge is -2.35. The first-order valence-corrected chi connectivity index (χ1v) is 7.86. The molecule has 1 fully saturated rings. The van der Waals surface area contributed by atoms with Gasteiger partial charge < -0.3 is 20.4 Å². The van der Waals surface area contributed by atoms with Gasteiger partial charge in [-0.05, 0) is 19.5 Å². The smallest absolute Gasteiger partial charge is 0.354 e. The van der Waals surface area contributed by atoms with Crippen LogP contribution in [0.5, 0.6) is 0 Å². The van der Waals surface area contributed by atoms with E-state index in [0.717, 1.165) is 9.80 Å². The lowest BCUT2D eigenvalue weighted by molar-refractivity contribution is -0.412. The summed E-state index contributed by atoms with van der Waals surface area (Å²) in [5.41, 5.74) is -2.19. The molecule has 0 aromatic heterocycles. The maximum absolute atomic E-state index is 11.8. The molecule has 4 N–H and O–H groups in total. The fourth-order valence-electron chi connectivity index (χ4n) is 2.89. The van der Waals surface area contributed by atoms with Crippen LogP contribution in [0, 0.1) is 0 Å². The van der Waals surface area contributed by atoms with Crippen molar-refractivity contribution in [3.63, 3.8) is 0 Å². The van der Waals surface area contributed by atoms with Gasteiger partial charge in [-0.25, -0.2) is 14.5 Å². The highest BCUT2D eigenvalue weighted by molar-refractivity contribution is 5.81. The summed E-state index contributed by atoms with van der Waals surface area (Å²) in [7, 11) is 0. The molecule has 3 atom stereocenters. The van der Waals surface area contributed by atoms with Gasteiger partial charge in [0.05, 0.1) is 6.54 Å². The largest absolute Gasteiger partial charge is 0.480 e. The van der Waals surface area contributed by atoms with E-state index >= 15 is 0 Å². The van der Waals surface area contributed by atoms with Crippen LogP contribution in [0.4, 0.5) is 0 Å². The molecule has 3 unspecified atom stereocenters. The van der Waals surface area contributed by atoms with Gasteiger partial charge in [0, 0.05) is 6.42 Å². The molecule has 0 aromatic carbocycles. The number of rotatable bonds is 11. The number of carboxylic acids is 4. The molecule has 0 aromatic rings. The van der Waals surface area contributed by atoms with Crippen molar-refractivity contribution in [2.24, 2.45) is 0 Å². The van der Waals surface area contributed by atoms with Crippen LogP contribution in [0.15, 0.2) is 0 Å². The van der Waals surface area contributed by atoms with Gasteiger partial charge in [0.25, 0.3) is 5.72 Å². The number of carboxylic acid groups (broad SMARTS) is 4. The van der Waals surface area contributed by atoms with Gasteiger partial charge in [-0.15, -0.1) is 0 Å². The fraction of sp³-hybridized carbons (Fsp3) is 0.714. The van der Waals surface area contributed by atoms with E-state index in [2.05, 4.69) is 0 Å². The average molecular weight is 378 g/mol. The molecule has 0 spiro atoms. The molecule has 0 bridgehead atoms. The van der Waals surface area contributed by atoms with Crippen molar-refractivity contribution < 1.29 is 49.4 Å². The predicted molar refractivity (Wildman–Crippen MR) is 81.9 cm³/mol. The Bertz CT molecular complexity index is 568. The first-order chi connectivity index (χ1) is 12.1. The molecular formula is C14H22N2O10. The summed E-state index contributed by atoms with van der Waals surface area (Å²) in [6.07, 6.45) is -2.16. The quantitative estimate of drug-likeness (QED) is 0.198. The van der Waals surface area contributed by atoms with Crippen LogP contribution in [0.25, 0.3) is 0 Å². The van der Waals surface area contributed by atoms with Crippen molar-refractivity contribution in [3.8, 4) is 0 Å². The Labute approximate surface area is 148 Å². The number of hydrogen-bond donors (Lipinski definition) is 4. The van der Waals surface area contributed by atoms with Crippen LogP contribution in [-0.2, 0) is 29.0 Å². The van der Waals surface area contributed by atoms with E-state index in [4.69, 9.17) is 14.9 Å². The minimum Gasteiger partial charge on any atom is -0.480 e. The maximum atomic E-state index is 11.8. The van der Waals surface area contributed by atoms with Crippen molar-refractivity contribution in [2.75, 3.05) is 19.6 Å². The summed E-state index contributed by atoms with van der Waals surface area (Å²) < 4.78 is 0. The summed E-state index contributed by atoms with van der Waals surface area (Å²) in [5.74, 6) is -5.66. The van der Waals surface area contributed by atoms with Crippen molar-refractivity contribution in [3.05, 3.63) is 0 Å². The van der Waals surface area contributed by atoms with Gasteiger partial charge in [0.1, 0.15) is 6.04 Å². The summed E-state index contributed by atoms with van der Waals surface area (Å²) in [4.78, 5) is 57.0. The average Bonchev–Trinajstić information content (AvgIpc) is 2.93. The Balaban J connectivity index is 3.06. The zero-order chi connectivity index (χ0) is 20.1. The first kappa shape index (κ1) is 21.8. The first-order valence-electron chi connectivity index (χ1n) is 7.86. The molecule has 0 amide bonds. The monoisotopic (exact) mass is 378 g/mol. The molecule has 1 rings (SSSR count). The zero-order valence-electron chi connectivity index (χ0n) is 14.3. The molecular weight excluding hydrogens is 356 g/mol.